The van der Waals surface area contributed by atoms with E-state index in [1.165, 1.54) is 10.6 Å². The number of anilines is 1. The molecule has 6 nitrogen and oxygen atoms in total. The van der Waals surface area contributed by atoms with Crippen molar-refractivity contribution in [2.45, 2.75) is 65.0 Å². The van der Waals surface area contributed by atoms with Gasteiger partial charge in [-0.3, -0.25) is 9.10 Å². The van der Waals surface area contributed by atoms with Crippen LogP contribution in [-0.4, -0.2) is 50.7 Å². The summed E-state index contributed by atoms with van der Waals surface area (Å²) in [5, 5.41) is 0. The van der Waals surface area contributed by atoms with Gasteiger partial charge < -0.3 is 9.64 Å². The summed E-state index contributed by atoms with van der Waals surface area (Å²) in [6.07, 6.45) is 5.39. The molecule has 2 rings (SSSR count). The minimum atomic E-state index is -3.54. The van der Waals surface area contributed by atoms with E-state index in [1.807, 2.05) is 24.8 Å². The molecule has 1 atom stereocenters. The number of para-hydroxylation sites is 2. The molecule has 1 heterocycles. The Labute approximate surface area is 163 Å². The summed E-state index contributed by atoms with van der Waals surface area (Å²) in [5.41, 5.74) is 0.479. The van der Waals surface area contributed by atoms with E-state index in [4.69, 9.17) is 4.74 Å². The maximum Gasteiger partial charge on any atom is 0.232 e. The van der Waals surface area contributed by atoms with Crippen molar-refractivity contribution in [2.24, 2.45) is 0 Å². The predicted octanol–water partition coefficient (Wildman–Crippen LogP) is 3.42. The van der Waals surface area contributed by atoms with Gasteiger partial charge in [-0.05, 0) is 51.7 Å². The van der Waals surface area contributed by atoms with Gasteiger partial charge >= 0.3 is 0 Å². The number of hydrogen-bond acceptors (Lipinski definition) is 4. The normalized spacial score (nSPS) is 17.8. The lowest BCUT2D eigenvalue weighted by molar-refractivity contribution is -0.134. The third-order valence-corrected chi connectivity index (χ3v) is 6.02. The molecule has 0 saturated carbocycles. The second kappa shape index (κ2) is 9.44. The Bertz CT molecular complexity index is 733. The number of carbonyl (C=O) groups excluding carboxylic acids is 1. The van der Waals surface area contributed by atoms with Gasteiger partial charge in [0.2, 0.25) is 15.9 Å². The quantitative estimate of drug-likeness (QED) is 0.675. The van der Waals surface area contributed by atoms with E-state index < -0.39 is 10.0 Å². The Balaban J connectivity index is 2.18. The molecule has 1 aliphatic heterocycles. The number of likely N-dealkylation sites (tertiary alicyclic amines) is 1. The van der Waals surface area contributed by atoms with E-state index in [-0.39, 0.29) is 31.0 Å². The van der Waals surface area contributed by atoms with Gasteiger partial charge in [-0.2, -0.15) is 0 Å². The number of hydrogen-bond donors (Lipinski definition) is 0. The second-order valence-electron chi connectivity index (χ2n) is 7.36. The number of piperidine rings is 1. The molecular formula is C20H32N2O4S. The van der Waals surface area contributed by atoms with Gasteiger partial charge in [0.15, 0.2) is 0 Å². The molecule has 0 bridgehead atoms. The first-order valence-electron chi connectivity index (χ1n) is 9.77. The zero-order chi connectivity index (χ0) is 20.0. The van der Waals surface area contributed by atoms with E-state index in [0.717, 1.165) is 32.2 Å². The smallest absolute Gasteiger partial charge is 0.232 e. The molecule has 0 spiro atoms. The second-order valence-corrected chi connectivity index (χ2v) is 9.27. The molecular weight excluding hydrogens is 364 g/mol. The van der Waals surface area contributed by atoms with Gasteiger partial charge in [0.25, 0.3) is 0 Å². The Hall–Kier alpha value is -1.76. The lowest BCUT2D eigenvalue weighted by atomic mass is 9.99. The van der Waals surface area contributed by atoms with Crippen molar-refractivity contribution in [3.05, 3.63) is 24.3 Å². The number of ether oxygens (including phenoxy) is 1. The lowest BCUT2D eigenvalue weighted by Gasteiger charge is -2.36. The standard InChI is InChI=1S/C20H32N2O4S/c1-5-17-10-8-9-14-21(17)20(23)13-15-22(27(4,24)25)18-11-6-7-12-19(18)26-16(2)3/h6-7,11-12,16-17H,5,8-10,13-15H2,1-4H3. The van der Waals surface area contributed by atoms with Crippen LogP contribution in [0.3, 0.4) is 0 Å². The number of benzene rings is 1. The largest absolute Gasteiger partial charge is 0.489 e. The number of nitrogens with zero attached hydrogens (tertiary/aromatic N) is 2. The molecule has 1 aromatic rings. The van der Waals surface area contributed by atoms with Gasteiger partial charge in [-0.15, -0.1) is 0 Å². The lowest BCUT2D eigenvalue weighted by Crippen LogP contribution is -2.44. The van der Waals surface area contributed by atoms with E-state index in [0.29, 0.717) is 11.4 Å². The van der Waals surface area contributed by atoms with Crippen LogP contribution in [0.5, 0.6) is 5.75 Å². The van der Waals surface area contributed by atoms with Crippen molar-refractivity contribution >= 4 is 21.6 Å². The highest BCUT2D eigenvalue weighted by atomic mass is 32.2. The van der Waals surface area contributed by atoms with Crippen LogP contribution in [0.25, 0.3) is 0 Å². The zero-order valence-electron chi connectivity index (χ0n) is 16.8. The Morgan fingerprint density at radius 2 is 2.00 bits per heavy atom. The highest BCUT2D eigenvalue weighted by Gasteiger charge is 2.27. The molecule has 1 saturated heterocycles. The van der Waals surface area contributed by atoms with Crippen LogP contribution < -0.4 is 9.04 Å². The summed E-state index contributed by atoms with van der Waals surface area (Å²) < 4.78 is 31.9. The minimum absolute atomic E-state index is 0.0254. The molecule has 0 aromatic heterocycles. The third-order valence-electron chi connectivity index (χ3n) is 4.84. The van der Waals surface area contributed by atoms with Crippen molar-refractivity contribution in [1.29, 1.82) is 0 Å². The van der Waals surface area contributed by atoms with Gasteiger partial charge in [-0.1, -0.05) is 19.1 Å². The first-order valence-corrected chi connectivity index (χ1v) is 11.6. The highest BCUT2D eigenvalue weighted by Crippen LogP contribution is 2.31. The van der Waals surface area contributed by atoms with Crippen LogP contribution in [-0.2, 0) is 14.8 Å². The number of amides is 1. The zero-order valence-corrected chi connectivity index (χ0v) is 17.7. The number of rotatable bonds is 8. The van der Waals surface area contributed by atoms with Crippen LogP contribution >= 0.6 is 0 Å². The average Bonchev–Trinajstić information content (AvgIpc) is 2.61. The van der Waals surface area contributed by atoms with E-state index in [1.54, 1.807) is 18.2 Å². The number of sulfonamides is 1. The first-order chi connectivity index (χ1) is 12.7. The number of carbonyl (C=O) groups is 1. The van der Waals surface area contributed by atoms with Gasteiger partial charge in [-0.25, -0.2) is 8.42 Å². The average molecular weight is 397 g/mol. The van der Waals surface area contributed by atoms with Gasteiger partial charge in [0.05, 0.1) is 18.0 Å². The van der Waals surface area contributed by atoms with Crippen molar-refractivity contribution in [3.8, 4) is 5.75 Å². The molecule has 27 heavy (non-hydrogen) atoms. The highest BCUT2D eigenvalue weighted by molar-refractivity contribution is 7.92. The predicted molar refractivity (Wildman–Crippen MR) is 109 cm³/mol. The summed E-state index contributed by atoms with van der Waals surface area (Å²) >= 11 is 0. The summed E-state index contributed by atoms with van der Waals surface area (Å²) in [5.74, 6) is 0.534. The maximum atomic E-state index is 12.8. The summed E-state index contributed by atoms with van der Waals surface area (Å²) in [6.45, 7) is 6.77. The Kier molecular flexibility index (Phi) is 7.53. The summed E-state index contributed by atoms with van der Waals surface area (Å²) in [7, 11) is -3.54. The van der Waals surface area contributed by atoms with E-state index >= 15 is 0 Å². The summed E-state index contributed by atoms with van der Waals surface area (Å²) in [6, 6.07) is 7.34. The molecule has 0 N–H and O–H groups in total. The van der Waals surface area contributed by atoms with Crippen LogP contribution in [0.4, 0.5) is 5.69 Å². The fraction of sp³-hybridized carbons (Fsp3) is 0.650. The topological polar surface area (TPSA) is 66.9 Å². The molecule has 0 radical (unpaired) electrons. The maximum absolute atomic E-state index is 12.8. The van der Waals surface area contributed by atoms with Crippen LogP contribution in [0.15, 0.2) is 24.3 Å². The van der Waals surface area contributed by atoms with Crippen LogP contribution in [0.2, 0.25) is 0 Å². The van der Waals surface area contributed by atoms with Crippen molar-refractivity contribution < 1.29 is 17.9 Å². The molecule has 0 aliphatic carbocycles. The SMILES string of the molecule is CCC1CCCCN1C(=O)CCN(c1ccccc1OC(C)C)S(C)(=O)=O. The fourth-order valence-electron chi connectivity index (χ4n) is 3.58. The van der Waals surface area contributed by atoms with Gasteiger partial charge in [0.1, 0.15) is 5.75 Å². The van der Waals surface area contributed by atoms with Gasteiger partial charge in [0, 0.05) is 25.6 Å². The van der Waals surface area contributed by atoms with Crippen LogP contribution in [0, 0.1) is 0 Å². The Morgan fingerprint density at radius 3 is 2.63 bits per heavy atom. The molecule has 1 aromatic carbocycles. The molecule has 1 unspecified atom stereocenters. The van der Waals surface area contributed by atoms with E-state index in [9.17, 15) is 13.2 Å². The monoisotopic (exact) mass is 396 g/mol. The summed E-state index contributed by atoms with van der Waals surface area (Å²) in [4.78, 5) is 14.7. The Morgan fingerprint density at radius 1 is 1.30 bits per heavy atom. The molecule has 1 aliphatic rings. The fourth-order valence-corrected chi connectivity index (χ4v) is 4.51. The third kappa shape index (κ3) is 5.86. The first kappa shape index (κ1) is 21.5. The van der Waals surface area contributed by atoms with E-state index in [2.05, 4.69) is 6.92 Å². The van der Waals surface area contributed by atoms with Crippen molar-refractivity contribution in [1.82, 2.24) is 4.90 Å². The molecule has 1 amide bonds. The molecule has 1 fully saturated rings. The van der Waals surface area contributed by atoms with Crippen molar-refractivity contribution in [3.63, 3.8) is 0 Å². The van der Waals surface area contributed by atoms with Crippen molar-refractivity contribution in [2.75, 3.05) is 23.7 Å². The molecule has 7 heteroatoms. The molecule has 152 valence electrons. The van der Waals surface area contributed by atoms with Crippen LogP contribution in [0.1, 0.15) is 52.9 Å². The minimum Gasteiger partial charge on any atom is -0.489 e.